The van der Waals surface area contributed by atoms with Crippen LogP contribution in [0.4, 0.5) is 0 Å². The molecule has 4 rings (SSSR count). The summed E-state index contributed by atoms with van der Waals surface area (Å²) in [7, 11) is 0. The molecule has 39 heavy (non-hydrogen) atoms. The monoisotopic (exact) mass is 539 g/mol. The maximum absolute atomic E-state index is 10.4. The van der Waals surface area contributed by atoms with E-state index in [0.29, 0.717) is 23.7 Å². The number of primary amides is 1. The number of nitrogens with two attached hydrogens (primary N) is 1. The number of aliphatic hydroxyl groups excluding tert-OH is 2. The predicted octanol–water partition coefficient (Wildman–Crippen LogP) is 5.28. The van der Waals surface area contributed by atoms with Crippen LogP contribution in [0.2, 0.25) is 0 Å². The average molecular weight is 540 g/mol. The van der Waals surface area contributed by atoms with Gasteiger partial charge in [0.1, 0.15) is 11.8 Å². The summed E-state index contributed by atoms with van der Waals surface area (Å²) in [4.78, 5) is 17.6. The highest BCUT2D eigenvalue weighted by Crippen LogP contribution is 2.60. The topological polar surface area (TPSA) is 130 Å². The SMILES string of the molecule is C=C1CC[C@H](O)C(O)/C1=C/C=C1\CCCC2(C)C1CCC2C(C)CCCC(C)(C)O.NC(=O)c1cnccn1. The minimum Gasteiger partial charge on any atom is -0.390 e. The number of carbonyl (C=O) groups is 1. The molecule has 3 fully saturated rings. The van der Waals surface area contributed by atoms with Crippen LogP contribution in [-0.4, -0.2) is 49.0 Å². The summed E-state index contributed by atoms with van der Waals surface area (Å²) in [5.41, 5.74) is 8.18. The molecule has 6 atom stereocenters. The number of aliphatic hydroxyl groups is 3. The van der Waals surface area contributed by atoms with E-state index in [-0.39, 0.29) is 5.69 Å². The molecular weight excluding hydrogens is 490 g/mol. The lowest BCUT2D eigenvalue weighted by atomic mass is 9.60. The molecule has 3 aliphatic carbocycles. The molecule has 0 spiro atoms. The van der Waals surface area contributed by atoms with Crippen LogP contribution < -0.4 is 5.73 Å². The van der Waals surface area contributed by atoms with Crippen LogP contribution in [0.25, 0.3) is 0 Å². The van der Waals surface area contributed by atoms with Gasteiger partial charge in [-0.15, -0.1) is 0 Å². The standard InChI is InChI=1S/C27H44O3.C5H5N3O/c1-18-10-15-24(28)25(29)21(18)12-11-20-9-7-17-27(5)22(13-14-23(20)27)19(2)8-6-16-26(3,4)30;6-5(9)4-3-7-1-2-8-4/h11-12,19,22-25,28-30H,1,6-10,13-17H2,2-5H3;1-3H,(H2,6,9)/b20-11+,21-12+;/t19?,22?,23?,24-,25?,27?;/m0./s1. The van der Waals surface area contributed by atoms with Crippen molar-refractivity contribution in [3.05, 3.63) is 59.7 Å². The van der Waals surface area contributed by atoms with Gasteiger partial charge < -0.3 is 21.1 Å². The highest BCUT2D eigenvalue weighted by molar-refractivity contribution is 5.90. The Morgan fingerprint density at radius 2 is 1.97 bits per heavy atom. The molecule has 0 bridgehead atoms. The Kier molecular flexibility index (Phi) is 10.7. The van der Waals surface area contributed by atoms with Crippen LogP contribution >= 0.6 is 0 Å². The molecule has 1 amide bonds. The highest BCUT2D eigenvalue weighted by atomic mass is 16.3. The quantitative estimate of drug-likeness (QED) is 0.373. The minimum atomic E-state index is -0.801. The number of hydrogen-bond donors (Lipinski definition) is 4. The number of carbonyl (C=O) groups excluding carboxylic acids is 1. The summed E-state index contributed by atoms with van der Waals surface area (Å²) in [6.07, 6.45) is 17.8. The Hall–Kier alpha value is -2.35. The van der Waals surface area contributed by atoms with Gasteiger partial charge in [-0.1, -0.05) is 51.0 Å². The number of aromatic nitrogens is 2. The summed E-state index contributed by atoms with van der Waals surface area (Å²) in [5, 5.41) is 30.5. The minimum absolute atomic E-state index is 0.192. The second kappa shape index (κ2) is 13.3. The van der Waals surface area contributed by atoms with E-state index in [1.165, 1.54) is 56.3 Å². The van der Waals surface area contributed by atoms with Gasteiger partial charge in [0, 0.05) is 12.4 Å². The van der Waals surface area contributed by atoms with Gasteiger partial charge in [0.25, 0.3) is 5.91 Å². The number of hydrogen-bond acceptors (Lipinski definition) is 6. The van der Waals surface area contributed by atoms with Crippen molar-refractivity contribution in [2.24, 2.45) is 28.9 Å². The zero-order valence-electron chi connectivity index (χ0n) is 24.3. The van der Waals surface area contributed by atoms with Crippen LogP contribution in [0.5, 0.6) is 0 Å². The first-order valence-corrected chi connectivity index (χ1v) is 14.6. The van der Waals surface area contributed by atoms with Crippen LogP contribution in [-0.2, 0) is 0 Å². The molecule has 5 unspecified atom stereocenters. The van der Waals surface area contributed by atoms with Gasteiger partial charge in [0.05, 0.1) is 17.9 Å². The van der Waals surface area contributed by atoms with E-state index in [4.69, 9.17) is 5.73 Å². The third kappa shape index (κ3) is 8.09. The Bertz CT molecular complexity index is 1050. The van der Waals surface area contributed by atoms with Crippen molar-refractivity contribution in [2.45, 2.75) is 110 Å². The molecule has 1 heterocycles. The third-order valence-electron chi connectivity index (χ3n) is 9.30. The fourth-order valence-electron chi connectivity index (χ4n) is 7.15. The Morgan fingerprint density at radius 1 is 1.23 bits per heavy atom. The van der Waals surface area contributed by atoms with Crippen LogP contribution in [0.3, 0.4) is 0 Å². The first kappa shape index (κ1) is 31.2. The molecule has 5 N–H and O–H groups in total. The smallest absolute Gasteiger partial charge is 0.268 e. The summed E-state index contributed by atoms with van der Waals surface area (Å²) in [5.74, 6) is 1.51. The van der Waals surface area contributed by atoms with E-state index in [1.54, 1.807) is 0 Å². The number of fused-ring (bicyclic) bond motifs is 1. The fraction of sp³-hybridized carbons (Fsp3) is 0.656. The van der Waals surface area contributed by atoms with E-state index in [1.807, 2.05) is 13.8 Å². The first-order valence-electron chi connectivity index (χ1n) is 14.6. The molecular formula is C32H49N3O4. The number of allylic oxidation sites excluding steroid dienone is 3. The van der Waals surface area contributed by atoms with Crippen molar-refractivity contribution >= 4 is 5.91 Å². The van der Waals surface area contributed by atoms with Gasteiger partial charge in [-0.2, -0.15) is 0 Å². The summed E-state index contributed by atoms with van der Waals surface area (Å²) in [6, 6.07) is 0. The second-order valence-electron chi connectivity index (χ2n) is 12.8. The average Bonchev–Trinajstić information content (AvgIpc) is 3.24. The Balaban J connectivity index is 0.000000395. The van der Waals surface area contributed by atoms with Gasteiger partial charge in [-0.3, -0.25) is 9.78 Å². The zero-order valence-corrected chi connectivity index (χ0v) is 24.3. The lowest BCUT2D eigenvalue weighted by Gasteiger charge is -2.44. The van der Waals surface area contributed by atoms with Crippen molar-refractivity contribution in [3.63, 3.8) is 0 Å². The summed E-state index contributed by atoms with van der Waals surface area (Å²) in [6.45, 7) is 12.9. The molecule has 0 saturated heterocycles. The Labute approximate surface area is 234 Å². The second-order valence-corrected chi connectivity index (χ2v) is 12.8. The molecule has 1 aromatic heterocycles. The number of nitrogens with zero attached hydrogens (tertiary/aromatic N) is 2. The number of amides is 1. The van der Waals surface area contributed by atoms with Gasteiger partial charge in [-0.25, -0.2) is 4.98 Å². The van der Waals surface area contributed by atoms with Crippen molar-refractivity contribution < 1.29 is 20.1 Å². The van der Waals surface area contributed by atoms with E-state index >= 15 is 0 Å². The lowest BCUT2D eigenvalue weighted by Crippen LogP contribution is -2.36. The van der Waals surface area contributed by atoms with E-state index in [2.05, 4.69) is 42.5 Å². The fourth-order valence-corrected chi connectivity index (χ4v) is 7.15. The van der Waals surface area contributed by atoms with E-state index in [9.17, 15) is 20.1 Å². The van der Waals surface area contributed by atoms with E-state index < -0.39 is 23.7 Å². The third-order valence-corrected chi connectivity index (χ3v) is 9.30. The van der Waals surface area contributed by atoms with Gasteiger partial charge in [-0.05, 0) is 99.5 Å². The van der Waals surface area contributed by atoms with Crippen molar-refractivity contribution in [2.75, 3.05) is 0 Å². The molecule has 0 radical (unpaired) electrons. The summed E-state index contributed by atoms with van der Waals surface area (Å²) < 4.78 is 0. The molecule has 216 valence electrons. The van der Waals surface area contributed by atoms with Crippen LogP contribution in [0, 0.1) is 23.2 Å². The van der Waals surface area contributed by atoms with E-state index in [0.717, 1.165) is 42.7 Å². The molecule has 1 aromatic rings. The maximum Gasteiger partial charge on any atom is 0.268 e. The largest absolute Gasteiger partial charge is 0.390 e. The molecule has 7 heteroatoms. The van der Waals surface area contributed by atoms with Crippen molar-refractivity contribution in [1.29, 1.82) is 0 Å². The summed E-state index contributed by atoms with van der Waals surface area (Å²) >= 11 is 0. The zero-order chi connectivity index (χ0) is 28.8. The van der Waals surface area contributed by atoms with Crippen molar-refractivity contribution in [1.82, 2.24) is 9.97 Å². The molecule has 0 aromatic carbocycles. The Morgan fingerprint density at radius 3 is 2.59 bits per heavy atom. The van der Waals surface area contributed by atoms with Gasteiger partial charge in [0.15, 0.2) is 0 Å². The molecule has 3 saturated carbocycles. The predicted molar refractivity (Wildman–Crippen MR) is 155 cm³/mol. The van der Waals surface area contributed by atoms with Crippen molar-refractivity contribution in [3.8, 4) is 0 Å². The van der Waals surface area contributed by atoms with Gasteiger partial charge in [0.2, 0.25) is 0 Å². The lowest BCUT2D eigenvalue weighted by molar-refractivity contribution is 0.0299. The highest BCUT2D eigenvalue weighted by Gasteiger charge is 2.50. The van der Waals surface area contributed by atoms with Crippen LogP contribution in [0.15, 0.2) is 54.0 Å². The number of rotatable bonds is 7. The molecule has 7 nitrogen and oxygen atoms in total. The molecule has 3 aliphatic rings. The molecule has 0 aliphatic heterocycles. The van der Waals surface area contributed by atoms with Crippen LogP contribution in [0.1, 0.15) is 102 Å². The first-order chi connectivity index (χ1) is 18.3. The van der Waals surface area contributed by atoms with Gasteiger partial charge >= 0.3 is 0 Å². The normalized spacial score (nSPS) is 31.9. The maximum atomic E-state index is 10.4.